The number of carbonyl (C=O) groups is 1. The lowest BCUT2D eigenvalue weighted by molar-refractivity contribution is -0.127. The SMILES string of the molecule is C=CC(=O)N1CCC(n2nc(N3CCC(N4CC(F)C4)CC3(C)C)c(-c3c(Cl)c(C)cc4[nH]ncc34)c2C)CC1. The third kappa shape index (κ3) is 4.51. The molecule has 8 nitrogen and oxygen atoms in total. The summed E-state index contributed by atoms with van der Waals surface area (Å²) in [5, 5.41) is 14.5. The van der Waals surface area contributed by atoms with E-state index in [1.807, 2.05) is 24.1 Å². The fraction of sp³-hybridized carbons (Fsp3) is 0.567. The Kier molecular flexibility index (Phi) is 6.94. The molecule has 0 aliphatic carbocycles. The molecule has 2 aromatic heterocycles. The maximum absolute atomic E-state index is 13.7. The van der Waals surface area contributed by atoms with Crippen molar-refractivity contribution < 1.29 is 9.18 Å². The monoisotopic (exact) mass is 567 g/mol. The lowest BCUT2D eigenvalue weighted by atomic mass is 9.84. The molecule has 3 aliphatic rings. The first kappa shape index (κ1) is 27.3. The highest BCUT2D eigenvalue weighted by Gasteiger charge is 2.43. The molecule has 1 atom stereocenters. The van der Waals surface area contributed by atoms with Gasteiger partial charge in [0.15, 0.2) is 5.82 Å². The summed E-state index contributed by atoms with van der Waals surface area (Å²) < 4.78 is 15.8. The maximum Gasteiger partial charge on any atom is 0.245 e. The van der Waals surface area contributed by atoms with Crippen LogP contribution in [0.15, 0.2) is 24.9 Å². The molecule has 1 unspecified atom stereocenters. The van der Waals surface area contributed by atoms with Gasteiger partial charge in [0.05, 0.1) is 22.8 Å². The van der Waals surface area contributed by atoms with Crippen LogP contribution in [-0.2, 0) is 4.79 Å². The second kappa shape index (κ2) is 10.2. The molecule has 0 spiro atoms. The van der Waals surface area contributed by atoms with Crippen molar-refractivity contribution in [3.05, 3.63) is 41.2 Å². The van der Waals surface area contributed by atoms with Crippen molar-refractivity contribution in [2.75, 3.05) is 37.6 Å². The van der Waals surface area contributed by atoms with Crippen LogP contribution in [0.2, 0.25) is 5.02 Å². The number of H-pyrrole nitrogens is 1. The van der Waals surface area contributed by atoms with Crippen LogP contribution >= 0.6 is 11.6 Å². The molecular weight excluding hydrogens is 529 g/mol. The molecule has 1 N–H and O–H groups in total. The van der Waals surface area contributed by atoms with Gasteiger partial charge in [0, 0.05) is 66.5 Å². The third-order valence-electron chi connectivity index (χ3n) is 9.33. The van der Waals surface area contributed by atoms with Crippen LogP contribution in [0.4, 0.5) is 10.2 Å². The molecule has 40 heavy (non-hydrogen) atoms. The van der Waals surface area contributed by atoms with Gasteiger partial charge in [0.1, 0.15) is 6.17 Å². The predicted octanol–water partition coefficient (Wildman–Crippen LogP) is 5.45. The van der Waals surface area contributed by atoms with Gasteiger partial charge in [-0.3, -0.25) is 19.5 Å². The van der Waals surface area contributed by atoms with Gasteiger partial charge >= 0.3 is 0 Å². The molecule has 0 saturated carbocycles. The van der Waals surface area contributed by atoms with E-state index in [0.717, 1.165) is 71.3 Å². The Hall–Kier alpha value is -2.91. The first-order valence-electron chi connectivity index (χ1n) is 14.4. The number of rotatable bonds is 5. The second-order valence-electron chi connectivity index (χ2n) is 12.4. The van der Waals surface area contributed by atoms with Crippen molar-refractivity contribution in [1.82, 2.24) is 29.8 Å². The maximum atomic E-state index is 13.7. The molecule has 1 aromatic carbocycles. The van der Waals surface area contributed by atoms with Gasteiger partial charge in [-0.1, -0.05) is 18.2 Å². The molecular formula is C30H39ClFN7O. The highest BCUT2D eigenvalue weighted by Crippen LogP contribution is 2.47. The zero-order valence-electron chi connectivity index (χ0n) is 23.9. The van der Waals surface area contributed by atoms with Gasteiger partial charge in [0.25, 0.3) is 0 Å². The molecule has 10 heteroatoms. The van der Waals surface area contributed by atoms with Gasteiger partial charge in [-0.15, -0.1) is 0 Å². The van der Waals surface area contributed by atoms with Crippen molar-refractivity contribution in [3.63, 3.8) is 0 Å². The highest BCUT2D eigenvalue weighted by atomic mass is 35.5. The molecule has 6 rings (SSSR count). The predicted molar refractivity (Wildman–Crippen MR) is 158 cm³/mol. The summed E-state index contributed by atoms with van der Waals surface area (Å²) >= 11 is 7.09. The van der Waals surface area contributed by atoms with E-state index < -0.39 is 6.17 Å². The van der Waals surface area contributed by atoms with E-state index in [-0.39, 0.29) is 17.5 Å². The number of hydrogen-bond donors (Lipinski definition) is 1. The number of likely N-dealkylation sites (tertiary alicyclic amines) is 2. The number of nitrogens with zero attached hydrogens (tertiary/aromatic N) is 6. The summed E-state index contributed by atoms with van der Waals surface area (Å²) in [4.78, 5) is 18.8. The summed E-state index contributed by atoms with van der Waals surface area (Å²) in [5.74, 6) is 0.921. The smallest absolute Gasteiger partial charge is 0.245 e. The number of amides is 1. The van der Waals surface area contributed by atoms with E-state index in [1.165, 1.54) is 6.08 Å². The van der Waals surface area contributed by atoms with E-state index in [9.17, 15) is 9.18 Å². The number of halogens is 2. The molecule has 0 bridgehead atoms. The van der Waals surface area contributed by atoms with Crippen molar-refractivity contribution in [3.8, 4) is 11.1 Å². The Bertz CT molecular complexity index is 1450. The number of benzene rings is 1. The van der Waals surface area contributed by atoms with Crippen LogP contribution < -0.4 is 4.90 Å². The summed E-state index contributed by atoms with van der Waals surface area (Å²) in [5.41, 5.74) is 4.82. The molecule has 3 fully saturated rings. The summed E-state index contributed by atoms with van der Waals surface area (Å²) in [6, 6.07) is 2.59. The molecule has 5 heterocycles. The molecule has 0 radical (unpaired) electrons. The third-order valence-corrected chi connectivity index (χ3v) is 9.82. The quantitative estimate of drug-likeness (QED) is 0.415. The fourth-order valence-electron chi connectivity index (χ4n) is 7.07. The Morgan fingerprint density at radius 3 is 2.50 bits per heavy atom. The Morgan fingerprint density at radius 1 is 1.15 bits per heavy atom. The van der Waals surface area contributed by atoms with Gasteiger partial charge in [-0.2, -0.15) is 10.2 Å². The van der Waals surface area contributed by atoms with Crippen molar-refractivity contribution >= 4 is 34.2 Å². The number of carbonyl (C=O) groups excluding carboxylic acids is 1. The average Bonchev–Trinajstić information content (AvgIpc) is 3.51. The van der Waals surface area contributed by atoms with E-state index in [2.05, 4.69) is 52.0 Å². The number of aryl methyl sites for hydroxylation is 1. The number of aromatic amines is 1. The lowest BCUT2D eigenvalue weighted by Gasteiger charge is -2.51. The van der Waals surface area contributed by atoms with Crippen LogP contribution in [0.1, 0.15) is 56.8 Å². The number of hydrogen-bond acceptors (Lipinski definition) is 5. The fourth-order valence-corrected chi connectivity index (χ4v) is 7.32. The molecule has 3 aromatic rings. The number of nitrogens with one attached hydrogen (secondary N) is 1. The van der Waals surface area contributed by atoms with Crippen molar-refractivity contribution in [2.45, 2.75) is 77.2 Å². The van der Waals surface area contributed by atoms with E-state index in [0.29, 0.717) is 37.2 Å². The van der Waals surface area contributed by atoms with Gasteiger partial charge < -0.3 is 9.80 Å². The Balaban J connectivity index is 1.43. The zero-order valence-corrected chi connectivity index (χ0v) is 24.6. The molecule has 3 saturated heterocycles. The number of fused-ring (bicyclic) bond motifs is 1. The number of anilines is 1. The molecule has 1 amide bonds. The summed E-state index contributed by atoms with van der Waals surface area (Å²) in [6.07, 6.45) is 6.11. The minimum absolute atomic E-state index is 0.0168. The Labute approximate surface area is 240 Å². The first-order chi connectivity index (χ1) is 19.1. The van der Waals surface area contributed by atoms with Gasteiger partial charge in [-0.05, 0) is 71.1 Å². The molecule has 3 aliphatic heterocycles. The van der Waals surface area contributed by atoms with Crippen LogP contribution in [0.5, 0.6) is 0 Å². The van der Waals surface area contributed by atoms with Crippen LogP contribution in [0, 0.1) is 13.8 Å². The van der Waals surface area contributed by atoms with Crippen molar-refractivity contribution in [2.24, 2.45) is 0 Å². The Morgan fingerprint density at radius 2 is 1.85 bits per heavy atom. The first-order valence-corrected chi connectivity index (χ1v) is 14.8. The summed E-state index contributed by atoms with van der Waals surface area (Å²) in [7, 11) is 0. The number of alkyl halides is 1. The van der Waals surface area contributed by atoms with E-state index in [1.54, 1.807) is 0 Å². The van der Waals surface area contributed by atoms with Crippen LogP contribution in [0.25, 0.3) is 22.0 Å². The van der Waals surface area contributed by atoms with Crippen LogP contribution in [0.3, 0.4) is 0 Å². The topological polar surface area (TPSA) is 73.3 Å². The average molecular weight is 568 g/mol. The van der Waals surface area contributed by atoms with Crippen LogP contribution in [-0.4, -0.2) is 86.2 Å². The van der Waals surface area contributed by atoms with Gasteiger partial charge in [-0.25, -0.2) is 4.39 Å². The second-order valence-corrected chi connectivity index (χ2v) is 12.7. The lowest BCUT2D eigenvalue weighted by Crippen LogP contribution is -2.61. The van der Waals surface area contributed by atoms with E-state index >= 15 is 0 Å². The molecule has 214 valence electrons. The van der Waals surface area contributed by atoms with Crippen molar-refractivity contribution in [1.29, 1.82) is 0 Å². The summed E-state index contributed by atoms with van der Waals surface area (Å²) in [6.45, 7) is 15.6. The largest absolute Gasteiger partial charge is 0.349 e. The van der Waals surface area contributed by atoms with Gasteiger partial charge in [0.2, 0.25) is 5.91 Å². The highest BCUT2D eigenvalue weighted by molar-refractivity contribution is 6.36. The number of aromatic nitrogens is 4. The van der Waals surface area contributed by atoms with E-state index in [4.69, 9.17) is 16.7 Å². The minimum atomic E-state index is -0.694. The normalized spacial score (nSPS) is 22.6. The zero-order chi connectivity index (χ0) is 28.3. The minimum Gasteiger partial charge on any atom is -0.349 e. The number of piperidine rings is 2. The standard InChI is InChI=1S/C30H39ClFN7O/c1-6-25(40)36-10-7-21(8-11-36)39-19(3)26(27-23-15-33-34-24(23)13-18(2)28(27)31)29(35-39)38-12-9-22(14-30(38,4)5)37-16-20(32)17-37/h6,13,15,20-22H,1,7-12,14,16-17H2,2-5H3,(H,33,34).